The molecule has 0 aromatic heterocycles. The van der Waals surface area contributed by atoms with Crippen molar-refractivity contribution in [2.24, 2.45) is 0 Å². The number of hydrogen-bond acceptors (Lipinski definition) is 5. The molecular weight excluding hydrogens is 415 g/mol. The summed E-state index contributed by atoms with van der Waals surface area (Å²) < 4.78 is 0. The molecule has 1 saturated heterocycles. The molecule has 0 aliphatic carbocycles. The van der Waals surface area contributed by atoms with Gasteiger partial charge in [0.2, 0.25) is 5.91 Å². The van der Waals surface area contributed by atoms with Gasteiger partial charge in [0, 0.05) is 42.3 Å². The van der Waals surface area contributed by atoms with Crippen molar-refractivity contribution in [3.8, 4) is 0 Å². The van der Waals surface area contributed by atoms with Gasteiger partial charge in [-0.15, -0.1) is 0 Å². The maximum Gasteiger partial charge on any atom is 0.294 e. The predicted molar refractivity (Wildman–Crippen MR) is 115 cm³/mol. The lowest BCUT2D eigenvalue weighted by molar-refractivity contribution is -0.384. The number of carbonyl (C=O) groups excluding carboxylic acids is 1. The van der Waals surface area contributed by atoms with Gasteiger partial charge in [-0.25, -0.2) is 0 Å². The summed E-state index contributed by atoms with van der Waals surface area (Å²) in [6, 6.07) is 12.0. The number of nitrogens with one attached hydrogen (secondary N) is 1. The minimum absolute atomic E-state index is 0.000447. The van der Waals surface area contributed by atoms with Crippen LogP contribution in [-0.4, -0.2) is 48.5 Å². The summed E-state index contributed by atoms with van der Waals surface area (Å²) in [7, 11) is 0. The van der Waals surface area contributed by atoms with E-state index in [-0.39, 0.29) is 24.2 Å². The van der Waals surface area contributed by atoms with E-state index in [9.17, 15) is 14.9 Å². The van der Waals surface area contributed by atoms with Crippen molar-refractivity contribution in [2.75, 3.05) is 37.6 Å². The normalized spacial score (nSPS) is 15.8. The Bertz CT molecular complexity index is 884. The van der Waals surface area contributed by atoms with Gasteiger partial charge in [0.15, 0.2) is 0 Å². The highest BCUT2D eigenvalue weighted by Crippen LogP contribution is 2.31. The summed E-state index contributed by atoms with van der Waals surface area (Å²) in [5.74, 6) is -0.0571. The molecule has 9 heteroatoms. The zero-order chi connectivity index (χ0) is 21.0. The second-order valence-electron chi connectivity index (χ2n) is 6.99. The average Bonchev–Trinajstić information content (AvgIpc) is 2.69. The lowest BCUT2D eigenvalue weighted by Crippen LogP contribution is -2.49. The van der Waals surface area contributed by atoms with E-state index in [2.05, 4.69) is 5.32 Å². The molecule has 1 aliphatic rings. The Balaban J connectivity index is 1.53. The molecule has 29 heavy (non-hydrogen) atoms. The predicted octanol–water partition coefficient (Wildman–Crippen LogP) is 3.90. The highest BCUT2D eigenvalue weighted by atomic mass is 35.5. The first-order valence-electron chi connectivity index (χ1n) is 9.29. The third-order valence-corrected chi connectivity index (χ3v) is 5.45. The van der Waals surface area contributed by atoms with Crippen molar-refractivity contribution in [2.45, 2.75) is 13.0 Å². The largest absolute Gasteiger partial charge is 0.363 e. The van der Waals surface area contributed by atoms with E-state index in [4.69, 9.17) is 23.2 Å². The SMILES string of the molecule is CC(NC(=O)CN1CCN(c2ccc(Cl)cc2[N+](=O)[O-])CC1)c1ccc(Cl)cc1. The number of carbonyl (C=O) groups is 1. The van der Waals surface area contributed by atoms with Gasteiger partial charge in [-0.2, -0.15) is 0 Å². The minimum Gasteiger partial charge on any atom is -0.363 e. The Kier molecular flexibility index (Phi) is 6.95. The number of rotatable bonds is 6. The van der Waals surface area contributed by atoms with Crippen molar-refractivity contribution in [1.29, 1.82) is 0 Å². The number of halogens is 2. The summed E-state index contributed by atoms with van der Waals surface area (Å²) in [6.07, 6.45) is 0. The first-order valence-corrected chi connectivity index (χ1v) is 10.0. The molecule has 2 aromatic carbocycles. The Hall–Kier alpha value is -2.35. The van der Waals surface area contributed by atoms with Crippen LogP contribution < -0.4 is 10.2 Å². The highest BCUT2D eigenvalue weighted by molar-refractivity contribution is 6.31. The number of benzene rings is 2. The maximum atomic E-state index is 12.4. The van der Waals surface area contributed by atoms with Crippen molar-refractivity contribution >= 4 is 40.5 Å². The van der Waals surface area contributed by atoms with E-state index in [1.165, 1.54) is 6.07 Å². The van der Waals surface area contributed by atoms with Crippen LogP contribution in [0.2, 0.25) is 10.0 Å². The Morgan fingerprint density at radius 1 is 1.10 bits per heavy atom. The zero-order valence-electron chi connectivity index (χ0n) is 16.0. The van der Waals surface area contributed by atoms with Crippen molar-refractivity contribution < 1.29 is 9.72 Å². The third kappa shape index (κ3) is 5.59. The smallest absolute Gasteiger partial charge is 0.294 e. The first-order chi connectivity index (χ1) is 13.8. The van der Waals surface area contributed by atoms with Gasteiger partial charge in [-0.05, 0) is 36.8 Å². The van der Waals surface area contributed by atoms with Crippen LogP contribution in [0.4, 0.5) is 11.4 Å². The lowest BCUT2D eigenvalue weighted by Gasteiger charge is -2.35. The summed E-state index contributed by atoms with van der Waals surface area (Å²) in [6.45, 7) is 4.70. The molecule has 1 N–H and O–H groups in total. The van der Waals surface area contributed by atoms with E-state index in [1.54, 1.807) is 24.3 Å². The molecule has 0 saturated carbocycles. The van der Waals surface area contributed by atoms with E-state index in [0.717, 1.165) is 5.56 Å². The van der Waals surface area contributed by atoms with Gasteiger partial charge >= 0.3 is 0 Å². The lowest BCUT2D eigenvalue weighted by atomic mass is 10.1. The third-order valence-electron chi connectivity index (χ3n) is 4.96. The number of nitrogens with zero attached hydrogens (tertiary/aromatic N) is 3. The second-order valence-corrected chi connectivity index (χ2v) is 7.87. The van der Waals surface area contributed by atoms with E-state index in [0.29, 0.717) is 41.9 Å². The average molecular weight is 437 g/mol. The van der Waals surface area contributed by atoms with Crippen LogP contribution in [0.25, 0.3) is 0 Å². The molecule has 1 amide bonds. The monoisotopic (exact) mass is 436 g/mol. The molecule has 1 heterocycles. The molecule has 7 nitrogen and oxygen atoms in total. The quantitative estimate of drug-likeness (QED) is 0.548. The van der Waals surface area contributed by atoms with Crippen LogP contribution in [0.1, 0.15) is 18.5 Å². The first kappa shape index (κ1) is 21.4. The van der Waals surface area contributed by atoms with Gasteiger partial charge in [0.1, 0.15) is 5.69 Å². The fourth-order valence-electron chi connectivity index (χ4n) is 3.38. The van der Waals surface area contributed by atoms with Crippen LogP contribution in [0.15, 0.2) is 42.5 Å². The minimum atomic E-state index is -0.417. The summed E-state index contributed by atoms with van der Waals surface area (Å²) >= 11 is 11.8. The molecule has 1 atom stereocenters. The fourth-order valence-corrected chi connectivity index (χ4v) is 3.67. The summed E-state index contributed by atoms with van der Waals surface area (Å²) in [4.78, 5) is 27.3. The molecule has 0 bridgehead atoms. The van der Waals surface area contributed by atoms with E-state index < -0.39 is 4.92 Å². The molecule has 1 unspecified atom stereocenters. The second kappa shape index (κ2) is 9.43. The van der Waals surface area contributed by atoms with Gasteiger partial charge < -0.3 is 10.2 Å². The molecule has 154 valence electrons. The van der Waals surface area contributed by atoms with Crippen molar-refractivity contribution in [3.63, 3.8) is 0 Å². The van der Waals surface area contributed by atoms with E-state index in [1.807, 2.05) is 28.9 Å². The summed E-state index contributed by atoms with van der Waals surface area (Å²) in [5.41, 5.74) is 1.54. The number of hydrogen-bond donors (Lipinski definition) is 1. The van der Waals surface area contributed by atoms with Crippen LogP contribution in [-0.2, 0) is 4.79 Å². The molecule has 0 spiro atoms. The number of nitro benzene ring substituents is 1. The highest BCUT2D eigenvalue weighted by Gasteiger charge is 2.25. The fraction of sp³-hybridized carbons (Fsp3) is 0.350. The van der Waals surface area contributed by atoms with Gasteiger partial charge in [0.25, 0.3) is 5.69 Å². The number of amides is 1. The number of anilines is 1. The van der Waals surface area contributed by atoms with Crippen LogP contribution in [0.5, 0.6) is 0 Å². The Morgan fingerprint density at radius 2 is 1.72 bits per heavy atom. The molecule has 0 radical (unpaired) electrons. The molecule has 3 rings (SSSR count). The molecule has 2 aromatic rings. The summed E-state index contributed by atoms with van der Waals surface area (Å²) in [5, 5.41) is 15.3. The number of nitro groups is 1. The van der Waals surface area contributed by atoms with Crippen LogP contribution in [0.3, 0.4) is 0 Å². The van der Waals surface area contributed by atoms with Gasteiger partial charge in [-0.1, -0.05) is 35.3 Å². The van der Waals surface area contributed by atoms with E-state index >= 15 is 0 Å². The van der Waals surface area contributed by atoms with Gasteiger partial charge in [0.05, 0.1) is 17.5 Å². The Morgan fingerprint density at radius 3 is 2.34 bits per heavy atom. The molecule has 1 aliphatic heterocycles. The maximum absolute atomic E-state index is 12.4. The molecule has 1 fully saturated rings. The van der Waals surface area contributed by atoms with Crippen LogP contribution in [0, 0.1) is 10.1 Å². The van der Waals surface area contributed by atoms with Gasteiger partial charge in [-0.3, -0.25) is 19.8 Å². The molecular formula is C20H22Cl2N4O3. The Labute approximate surface area is 179 Å². The van der Waals surface area contributed by atoms with Crippen molar-refractivity contribution in [3.05, 3.63) is 68.2 Å². The standard InChI is InChI=1S/C20H22Cl2N4O3/c1-14(15-2-4-16(21)5-3-15)23-20(27)13-24-8-10-25(11-9-24)18-7-6-17(22)12-19(18)26(28)29/h2-7,12,14H,8-11,13H2,1H3,(H,23,27). The zero-order valence-corrected chi connectivity index (χ0v) is 17.5. The van der Waals surface area contributed by atoms with Crippen LogP contribution >= 0.6 is 23.2 Å². The topological polar surface area (TPSA) is 78.7 Å². The number of piperazine rings is 1. The van der Waals surface area contributed by atoms with Crippen molar-refractivity contribution in [1.82, 2.24) is 10.2 Å².